The first-order chi connectivity index (χ1) is 18.6. The van der Waals surface area contributed by atoms with Crippen LogP contribution in [0.1, 0.15) is 13.3 Å². The Bertz CT molecular complexity index is 1730. The maximum atomic E-state index is 13.4. The molecule has 13 heteroatoms. The predicted octanol–water partition coefficient (Wildman–Crippen LogP) is 3.83. The number of rotatable bonds is 9. The molecule has 0 unspecified atom stereocenters. The van der Waals surface area contributed by atoms with Crippen molar-refractivity contribution in [1.82, 2.24) is 19.9 Å². The fourth-order valence-electron chi connectivity index (χ4n) is 4.05. The van der Waals surface area contributed by atoms with E-state index >= 15 is 0 Å². The van der Waals surface area contributed by atoms with Gasteiger partial charge in [0.1, 0.15) is 16.4 Å². The standard InChI is InChI=1S/C26H25ClFN5O5S/c1-4-15(24(34)29-2)13-33-14-31-21-7-5-16(9-19(21)26(33)35)17-10-22(25(38-3)30-12-17)32-39(36,37)23-8-6-18(28)11-20(23)27/h5-12,14-15,32H,4,13H2,1-3H3,(H,29,34)/t15-/m0/s1. The number of nitrogens with zero attached hydrogens (tertiary/aromatic N) is 3. The van der Waals surface area contributed by atoms with Crippen LogP contribution in [0.3, 0.4) is 0 Å². The summed E-state index contributed by atoms with van der Waals surface area (Å²) in [5, 5.41) is 2.64. The zero-order valence-electron chi connectivity index (χ0n) is 21.2. The highest BCUT2D eigenvalue weighted by molar-refractivity contribution is 7.92. The molecule has 0 bridgehead atoms. The minimum atomic E-state index is -4.23. The summed E-state index contributed by atoms with van der Waals surface area (Å²) in [6, 6.07) is 9.44. The minimum Gasteiger partial charge on any atom is -0.480 e. The molecular formula is C26H25ClFN5O5S. The zero-order valence-corrected chi connectivity index (χ0v) is 22.8. The van der Waals surface area contributed by atoms with Crippen LogP contribution in [0.15, 0.2) is 64.7 Å². The topological polar surface area (TPSA) is 132 Å². The first-order valence-electron chi connectivity index (χ1n) is 11.8. The van der Waals surface area contributed by atoms with E-state index in [1.54, 1.807) is 25.2 Å². The van der Waals surface area contributed by atoms with Crippen molar-refractivity contribution in [2.24, 2.45) is 5.92 Å². The average molecular weight is 574 g/mol. The third kappa shape index (κ3) is 5.86. The van der Waals surface area contributed by atoms with Crippen molar-refractivity contribution in [2.45, 2.75) is 24.8 Å². The van der Waals surface area contributed by atoms with E-state index < -0.39 is 21.8 Å². The molecule has 39 heavy (non-hydrogen) atoms. The molecule has 2 aromatic carbocycles. The van der Waals surface area contributed by atoms with Crippen LogP contribution in [0.5, 0.6) is 5.88 Å². The van der Waals surface area contributed by atoms with Gasteiger partial charge in [0, 0.05) is 25.4 Å². The van der Waals surface area contributed by atoms with Crippen LogP contribution in [0.2, 0.25) is 5.02 Å². The first kappa shape index (κ1) is 28.0. The maximum absolute atomic E-state index is 13.4. The van der Waals surface area contributed by atoms with Gasteiger partial charge < -0.3 is 10.1 Å². The molecule has 0 fully saturated rings. The number of pyridine rings is 1. The predicted molar refractivity (Wildman–Crippen MR) is 146 cm³/mol. The van der Waals surface area contributed by atoms with Gasteiger partial charge in [0.25, 0.3) is 15.6 Å². The maximum Gasteiger partial charge on any atom is 0.263 e. The largest absolute Gasteiger partial charge is 0.480 e. The second-order valence-electron chi connectivity index (χ2n) is 8.61. The summed E-state index contributed by atoms with van der Waals surface area (Å²) in [4.78, 5) is 33.6. The lowest BCUT2D eigenvalue weighted by molar-refractivity contribution is -0.125. The van der Waals surface area contributed by atoms with Gasteiger partial charge in [0.15, 0.2) is 0 Å². The van der Waals surface area contributed by atoms with Crippen LogP contribution < -0.4 is 20.3 Å². The van der Waals surface area contributed by atoms with Crippen LogP contribution in [0.25, 0.3) is 22.0 Å². The highest BCUT2D eigenvalue weighted by atomic mass is 35.5. The van der Waals surface area contributed by atoms with Crippen LogP contribution in [0.4, 0.5) is 10.1 Å². The molecule has 204 valence electrons. The van der Waals surface area contributed by atoms with Gasteiger partial charge in [0.2, 0.25) is 11.8 Å². The zero-order chi connectivity index (χ0) is 28.3. The lowest BCUT2D eigenvalue weighted by Crippen LogP contribution is -2.33. The fraction of sp³-hybridized carbons (Fsp3) is 0.231. The van der Waals surface area contributed by atoms with Gasteiger partial charge in [-0.3, -0.25) is 18.9 Å². The van der Waals surface area contributed by atoms with Crippen LogP contribution in [-0.2, 0) is 21.4 Å². The number of amides is 1. The van der Waals surface area contributed by atoms with Crippen LogP contribution in [-0.4, -0.2) is 43.0 Å². The van der Waals surface area contributed by atoms with Crippen LogP contribution in [0, 0.1) is 11.7 Å². The van der Waals surface area contributed by atoms with Gasteiger partial charge in [-0.2, -0.15) is 0 Å². The molecule has 2 heterocycles. The lowest BCUT2D eigenvalue weighted by Gasteiger charge is -2.15. The third-order valence-electron chi connectivity index (χ3n) is 6.16. The van der Waals surface area contributed by atoms with Gasteiger partial charge in [-0.25, -0.2) is 22.8 Å². The number of carbonyl (C=O) groups is 1. The molecular weight excluding hydrogens is 549 g/mol. The van der Waals surface area contributed by atoms with E-state index in [9.17, 15) is 22.4 Å². The number of nitrogens with one attached hydrogen (secondary N) is 2. The Kier molecular flexibility index (Phi) is 8.17. The molecule has 0 saturated carbocycles. The number of anilines is 1. The van der Waals surface area contributed by atoms with Crippen molar-refractivity contribution < 1.29 is 22.3 Å². The van der Waals surface area contributed by atoms with Crippen molar-refractivity contribution in [3.63, 3.8) is 0 Å². The number of hydrogen-bond acceptors (Lipinski definition) is 7. The van der Waals surface area contributed by atoms with Crippen molar-refractivity contribution in [3.8, 4) is 17.0 Å². The van der Waals surface area contributed by atoms with Gasteiger partial charge in [0.05, 0.1) is 35.3 Å². The number of methoxy groups -OCH3 is 1. The Morgan fingerprint density at radius 1 is 1.15 bits per heavy atom. The average Bonchev–Trinajstić information content (AvgIpc) is 2.91. The Hall–Kier alpha value is -4.03. The summed E-state index contributed by atoms with van der Waals surface area (Å²) in [5.74, 6) is -1.25. The van der Waals surface area contributed by atoms with E-state index in [4.69, 9.17) is 16.3 Å². The van der Waals surface area contributed by atoms with E-state index in [1.165, 1.54) is 30.3 Å². The Morgan fingerprint density at radius 2 is 1.92 bits per heavy atom. The highest BCUT2D eigenvalue weighted by Gasteiger charge is 2.22. The molecule has 1 amide bonds. The SMILES string of the molecule is CC[C@@H](Cn1cnc2ccc(-c3cnc(OC)c(NS(=O)(=O)c4ccc(F)cc4Cl)c3)cc2c1=O)C(=O)NC. The van der Waals surface area contributed by atoms with Gasteiger partial charge >= 0.3 is 0 Å². The summed E-state index contributed by atoms with van der Waals surface area (Å²) in [6.45, 7) is 2.04. The molecule has 0 aliphatic rings. The quantitative estimate of drug-likeness (QED) is 0.311. The smallest absolute Gasteiger partial charge is 0.263 e. The summed E-state index contributed by atoms with van der Waals surface area (Å²) in [6.07, 6.45) is 3.43. The highest BCUT2D eigenvalue weighted by Crippen LogP contribution is 2.32. The molecule has 4 rings (SSSR count). The molecule has 0 spiro atoms. The fourth-order valence-corrected chi connectivity index (χ4v) is 5.63. The number of fused-ring (bicyclic) bond motifs is 1. The summed E-state index contributed by atoms with van der Waals surface area (Å²) in [7, 11) is -1.35. The molecule has 0 aliphatic carbocycles. The molecule has 2 aromatic heterocycles. The van der Waals surface area contributed by atoms with Gasteiger partial charge in [-0.15, -0.1) is 0 Å². The van der Waals surface area contributed by atoms with E-state index in [-0.39, 0.29) is 39.5 Å². The van der Waals surface area contributed by atoms with E-state index in [2.05, 4.69) is 20.0 Å². The van der Waals surface area contributed by atoms with Crippen molar-refractivity contribution in [2.75, 3.05) is 18.9 Å². The molecule has 0 radical (unpaired) electrons. The van der Waals surface area contributed by atoms with Gasteiger partial charge in [-0.05, 0) is 48.4 Å². The van der Waals surface area contributed by atoms with E-state index in [0.29, 0.717) is 28.5 Å². The Balaban J connectivity index is 1.73. The summed E-state index contributed by atoms with van der Waals surface area (Å²) in [5.41, 5.74) is 1.19. The summed E-state index contributed by atoms with van der Waals surface area (Å²) < 4.78 is 48.5. The number of halogens is 2. The van der Waals surface area contributed by atoms with E-state index in [1.807, 2.05) is 6.92 Å². The molecule has 2 N–H and O–H groups in total. The number of ether oxygens (including phenoxy) is 1. The molecule has 0 aliphatic heterocycles. The molecule has 4 aromatic rings. The van der Waals surface area contributed by atoms with Crippen molar-refractivity contribution in [3.05, 3.63) is 76.2 Å². The molecule has 0 saturated heterocycles. The Labute approximate surface area is 228 Å². The summed E-state index contributed by atoms with van der Waals surface area (Å²) >= 11 is 5.96. The normalized spacial score (nSPS) is 12.2. The van der Waals surface area contributed by atoms with E-state index in [0.717, 1.165) is 18.2 Å². The second kappa shape index (κ2) is 11.4. The minimum absolute atomic E-state index is 0.00909. The lowest BCUT2D eigenvalue weighted by atomic mass is 10.0. The van der Waals surface area contributed by atoms with Crippen molar-refractivity contribution in [1.29, 1.82) is 0 Å². The second-order valence-corrected chi connectivity index (χ2v) is 10.7. The molecule has 1 atom stereocenters. The monoisotopic (exact) mass is 573 g/mol. The molecule has 10 nitrogen and oxygen atoms in total. The first-order valence-corrected chi connectivity index (χ1v) is 13.7. The number of benzene rings is 2. The van der Waals surface area contributed by atoms with Crippen LogP contribution >= 0.6 is 11.6 Å². The van der Waals surface area contributed by atoms with Crippen molar-refractivity contribution >= 4 is 44.1 Å². The number of aromatic nitrogens is 3. The number of carbonyl (C=O) groups excluding carboxylic acids is 1. The number of hydrogen-bond donors (Lipinski definition) is 2. The third-order valence-corrected chi connectivity index (χ3v) is 8.01. The number of sulfonamides is 1. The Morgan fingerprint density at radius 3 is 2.59 bits per heavy atom. The van der Waals surface area contributed by atoms with Gasteiger partial charge in [-0.1, -0.05) is 24.6 Å².